The molecule has 0 aromatic heterocycles. The average molecular weight is 383 g/mol. The van der Waals surface area contributed by atoms with Crippen LogP contribution in [0.1, 0.15) is 37.5 Å². The molecule has 5 rings (SSSR count). The van der Waals surface area contributed by atoms with Crippen LogP contribution in [0.5, 0.6) is 5.75 Å². The van der Waals surface area contributed by atoms with Gasteiger partial charge in [-0.25, -0.2) is 4.39 Å². The van der Waals surface area contributed by atoms with Crippen LogP contribution in [0.25, 0.3) is 28.5 Å². The van der Waals surface area contributed by atoms with Crippen LogP contribution in [0, 0.1) is 5.82 Å². The van der Waals surface area contributed by atoms with Gasteiger partial charge in [-0.2, -0.15) is 0 Å². The van der Waals surface area contributed by atoms with E-state index < -0.39 is 0 Å². The summed E-state index contributed by atoms with van der Waals surface area (Å²) in [6.45, 7) is 6.48. The highest BCUT2D eigenvalue weighted by molar-refractivity contribution is 6.00. The van der Waals surface area contributed by atoms with Crippen molar-refractivity contribution < 1.29 is 9.13 Å². The summed E-state index contributed by atoms with van der Waals surface area (Å²) < 4.78 is 19.8. The fraction of sp³-hybridized carbons (Fsp3) is 0.154. The zero-order chi connectivity index (χ0) is 20.2. The van der Waals surface area contributed by atoms with Crippen molar-refractivity contribution >= 4 is 23.1 Å². The van der Waals surface area contributed by atoms with E-state index in [9.17, 15) is 4.39 Å². The molecule has 0 saturated carbocycles. The molecule has 3 aromatic rings. The van der Waals surface area contributed by atoms with Crippen molar-refractivity contribution in [1.82, 2.24) is 0 Å². The first-order valence-electron chi connectivity index (χ1n) is 9.81. The Kier molecular flexibility index (Phi) is 3.88. The normalized spacial score (nSPS) is 17.4. The van der Waals surface area contributed by atoms with Gasteiger partial charge in [-0.1, -0.05) is 42.5 Å². The van der Waals surface area contributed by atoms with Crippen molar-refractivity contribution in [3.8, 4) is 16.9 Å². The lowest BCUT2D eigenvalue weighted by Crippen LogP contribution is -2.32. The number of ether oxygens (including phenoxy) is 1. The molecule has 0 fully saturated rings. The number of hydrogen-bond acceptors (Lipinski definition) is 2. The van der Waals surface area contributed by atoms with Gasteiger partial charge < -0.3 is 10.1 Å². The highest BCUT2D eigenvalue weighted by atomic mass is 19.1. The van der Waals surface area contributed by atoms with Crippen molar-refractivity contribution in [1.29, 1.82) is 0 Å². The SMILES string of the molecule is CC1=CC(C)(C)Nc2ccc3c(c21)C(=Cc1ccc(F)cc1)Oc1ccccc1-3. The fourth-order valence-corrected chi connectivity index (χ4v) is 4.35. The van der Waals surface area contributed by atoms with Gasteiger partial charge in [0.25, 0.3) is 0 Å². The van der Waals surface area contributed by atoms with Crippen LogP contribution in [0.2, 0.25) is 0 Å². The predicted molar refractivity (Wildman–Crippen MR) is 118 cm³/mol. The van der Waals surface area contributed by atoms with E-state index in [4.69, 9.17) is 4.74 Å². The molecule has 0 radical (unpaired) electrons. The van der Waals surface area contributed by atoms with Crippen LogP contribution >= 0.6 is 0 Å². The van der Waals surface area contributed by atoms with Crippen LogP contribution in [-0.4, -0.2) is 5.54 Å². The van der Waals surface area contributed by atoms with Gasteiger partial charge in [0.05, 0.1) is 5.54 Å². The summed E-state index contributed by atoms with van der Waals surface area (Å²) >= 11 is 0. The summed E-state index contributed by atoms with van der Waals surface area (Å²) in [6.07, 6.45) is 4.24. The second-order valence-corrected chi connectivity index (χ2v) is 8.24. The third-order valence-corrected chi connectivity index (χ3v) is 5.45. The van der Waals surface area contributed by atoms with Gasteiger partial charge in [0.1, 0.15) is 17.3 Å². The van der Waals surface area contributed by atoms with Gasteiger partial charge in [0.2, 0.25) is 0 Å². The molecule has 144 valence electrons. The van der Waals surface area contributed by atoms with E-state index in [2.05, 4.69) is 50.4 Å². The Morgan fingerprint density at radius 1 is 0.897 bits per heavy atom. The maximum atomic E-state index is 13.4. The number of para-hydroxylation sites is 1. The monoisotopic (exact) mass is 383 g/mol. The highest BCUT2D eigenvalue weighted by Crippen LogP contribution is 2.49. The molecule has 0 bridgehead atoms. The molecule has 0 amide bonds. The molecule has 3 aromatic carbocycles. The molecule has 0 saturated heterocycles. The van der Waals surface area contributed by atoms with E-state index in [-0.39, 0.29) is 11.4 Å². The molecule has 3 heteroatoms. The van der Waals surface area contributed by atoms with Crippen LogP contribution in [0.15, 0.2) is 66.7 Å². The number of hydrogen-bond donors (Lipinski definition) is 1. The summed E-state index contributed by atoms with van der Waals surface area (Å²) in [7, 11) is 0. The Labute approximate surface area is 170 Å². The zero-order valence-electron chi connectivity index (χ0n) is 16.7. The van der Waals surface area contributed by atoms with Crippen LogP contribution in [0.3, 0.4) is 0 Å². The van der Waals surface area contributed by atoms with Crippen molar-refractivity contribution in [3.05, 3.63) is 89.2 Å². The summed E-state index contributed by atoms with van der Waals surface area (Å²) in [5, 5.41) is 3.62. The lowest BCUT2D eigenvalue weighted by Gasteiger charge is -2.35. The van der Waals surface area contributed by atoms with Crippen molar-refractivity contribution in [2.75, 3.05) is 5.32 Å². The summed E-state index contributed by atoms with van der Waals surface area (Å²) in [5.74, 6) is 1.36. The molecule has 2 nitrogen and oxygen atoms in total. The molecular weight excluding hydrogens is 361 g/mol. The molecule has 0 aliphatic carbocycles. The lowest BCUT2D eigenvalue weighted by atomic mass is 9.83. The van der Waals surface area contributed by atoms with Gasteiger partial charge >= 0.3 is 0 Å². The standard InChI is InChI=1S/C26H22FNO/c1-16-15-26(2,3)28-21-13-12-20-19-6-4-5-7-22(19)29-23(25(20)24(16)21)14-17-8-10-18(27)11-9-17/h4-15,28H,1-3H3. The third kappa shape index (κ3) is 3.03. The highest BCUT2D eigenvalue weighted by Gasteiger charge is 2.30. The number of rotatable bonds is 1. The van der Waals surface area contributed by atoms with Gasteiger partial charge in [0, 0.05) is 22.4 Å². The van der Waals surface area contributed by atoms with Gasteiger partial charge in [0.15, 0.2) is 0 Å². The van der Waals surface area contributed by atoms with Gasteiger partial charge in [-0.3, -0.25) is 0 Å². The maximum absolute atomic E-state index is 13.4. The van der Waals surface area contributed by atoms with Crippen molar-refractivity contribution in [2.45, 2.75) is 26.3 Å². The number of benzene rings is 3. The topological polar surface area (TPSA) is 21.3 Å². The summed E-state index contributed by atoms with van der Waals surface area (Å²) in [6, 6.07) is 18.9. The van der Waals surface area contributed by atoms with Gasteiger partial charge in [-0.05, 0) is 67.8 Å². The van der Waals surface area contributed by atoms with E-state index in [0.29, 0.717) is 0 Å². The lowest BCUT2D eigenvalue weighted by molar-refractivity contribution is 0.514. The molecule has 2 heterocycles. The molecule has 2 aliphatic heterocycles. The first-order valence-corrected chi connectivity index (χ1v) is 9.81. The minimum atomic E-state index is -0.245. The summed E-state index contributed by atoms with van der Waals surface area (Å²) in [4.78, 5) is 0. The number of halogens is 1. The fourth-order valence-electron chi connectivity index (χ4n) is 4.35. The number of nitrogens with one attached hydrogen (secondary N) is 1. The average Bonchev–Trinajstić information content (AvgIpc) is 2.68. The molecular formula is C26H22FNO. The van der Waals surface area contributed by atoms with E-state index in [1.807, 2.05) is 24.3 Å². The summed E-state index contributed by atoms with van der Waals surface area (Å²) in [5.41, 5.74) is 7.56. The van der Waals surface area contributed by atoms with E-state index in [1.54, 1.807) is 12.1 Å². The van der Waals surface area contributed by atoms with E-state index in [1.165, 1.54) is 17.7 Å². The molecule has 29 heavy (non-hydrogen) atoms. The Balaban J connectivity index is 1.78. The zero-order valence-corrected chi connectivity index (χ0v) is 16.7. The second kappa shape index (κ2) is 6.35. The third-order valence-electron chi connectivity index (χ3n) is 5.45. The van der Waals surface area contributed by atoms with Crippen molar-refractivity contribution in [2.24, 2.45) is 0 Å². The number of allylic oxidation sites excluding steroid dienone is 1. The first-order chi connectivity index (χ1) is 13.9. The predicted octanol–water partition coefficient (Wildman–Crippen LogP) is 6.99. The molecule has 0 spiro atoms. The molecule has 0 atom stereocenters. The van der Waals surface area contributed by atoms with Crippen LogP contribution < -0.4 is 10.1 Å². The van der Waals surface area contributed by atoms with Crippen LogP contribution in [-0.2, 0) is 0 Å². The molecule has 2 aliphatic rings. The Hall–Kier alpha value is -3.33. The molecule has 0 unspecified atom stereocenters. The smallest absolute Gasteiger partial charge is 0.136 e. The van der Waals surface area contributed by atoms with E-state index >= 15 is 0 Å². The van der Waals surface area contributed by atoms with E-state index in [0.717, 1.165) is 45.0 Å². The van der Waals surface area contributed by atoms with Crippen molar-refractivity contribution in [3.63, 3.8) is 0 Å². The van der Waals surface area contributed by atoms with Crippen LogP contribution in [0.4, 0.5) is 10.1 Å². The van der Waals surface area contributed by atoms with Gasteiger partial charge in [-0.15, -0.1) is 0 Å². The number of anilines is 1. The Morgan fingerprint density at radius 2 is 1.66 bits per heavy atom. The number of fused-ring (bicyclic) bond motifs is 5. The Bertz CT molecular complexity index is 1190. The first kappa shape index (κ1) is 17.7. The second-order valence-electron chi connectivity index (χ2n) is 8.24. The minimum absolute atomic E-state index is 0.112. The Morgan fingerprint density at radius 3 is 2.45 bits per heavy atom. The molecule has 1 N–H and O–H groups in total. The minimum Gasteiger partial charge on any atom is -0.456 e. The quantitative estimate of drug-likeness (QED) is 0.489. The largest absolute Gasteiger partial charge is 0.456 e. The maximum Gasteiger partial charge on any atom is 0.136 e.